The lowest BCUT2D eigenvalue weighted by molar-refractivity contribution is -0.385. The molecule has 1 amide bonds. The lowest BCUT2D eigenvalue weighted by Gasteiger charge is -2.04. The van der Waals surface area contributed by atoms with Gasteiger partial charge in [-0.3, -0.25) is 14.9 Å². The molecular weight excluding hydrogens is 238 g/mol. The van der Waals surface area contributed by atoms with Crippen LogP contribution in [0.2, 0.25) is 0 Å². The van der Waals surface area contributed by atoms with Gasteiger partial charge in [-0.05, 0) is 19.1 Å². The number of nitrogens with zero attached hydrogens (tertiary/aromatic N) is 3. The lowest BCUT2D eigenvalue weighted by atomic mass is 10.2. The second kappa shape index (κ2) is 4.62. The smallest absolute Gasteiger partial charge is 0.277 e. The average Bonchev–Trinajstić information content (AvgIpc) is 2.81. The molecule has 1 aromatic carbocycles. The van der Waals surface area contributed by atoms with E-state index in [-0.39, 0.29) is 11.4 Å². The Kier molecular flexibility index (Phi) is 3.00. The van der Waals surface area contributed by atoms with Gasteiger partial charge in [0.05, 0.1) is 11.1 Å². The highest BCUT2D eigenvalue weighted by Gasteiger charge is 2.13. The number of aromatic nitrogens is 3. The van der Waals surface area contributed by atoms with Crippen molar-refractivity contribution < 1.29 is 9.72 Å². The summed E-state index contributed by atoms with van der Waals surface area (Å²) in [5.74, 6) is -0.433. The van der Waals surface area contributed by atoms with Gasteiger partial charge in [0, 0.05) is 17.3 Å². The maximum Gasteiger partial charge on any atom is 0.277 e. The minimum Gasteiger partial charge on any atom is -0.321 e. The van der Waals surface area contributed by atoms with Crippen molar-refractivity contribution in [3.8, 4) is 0 Å². The maximum absolute atomic E-state index is 11.6. The van der Waals surface area contributed by atoms with Gasteiger partial charge in [0.2, 0.25) is 0 Å². The molecule has 0 spiro atoms. The topological polar surface area (TPSA) is 114 Å². The molecule has 0 radical (unpaired) electrons. The Balaban J connectivity index is 2.18. The van der Waals surface area contributed by atoms with Crippen LogP contribution in [-0.2, 0) is 0 Å². The highest BCUT2D eigenvalue weighted by atomic mass is 16.6. The van der Waals surface area contributed by atoms with E-state index >= 15 is 0 Å². The molecular formula is C10H9N5O3. The predicted molar refractivity (Wildman–Crippen MR) is 62.2 cm³/mol. The Morgan fingerprint density at radius 1 is 1.50 bits per heavy atom. The van der Waals surface area contributed by atoms with Crippen molar-refractivity contribution in [2.75, 3.05) is 5.32 Å². The van der Waals surface area contributed by atoms with Gasteiger partial charge in [-0.25, -0.2) is 0 Å². The van der Waals surface area contributed by atoms with Crippen LogP contribution in [0, 0.1) is 17.0 Å². The van der Waals surface area contributed by atoms with Crippen molar-refractivity contribution >= 4 is 17.3 Å². The number of carbonyl (C=O) groups excluding carboxylic acids is 1. The molecule has 2 rings (SSSR count). The van der Waals surface area contributed by atoms with Crippen molar-refractivity contribution in [3.05, 3.63) is 45.8 Å². The van der Waals surface area contributed by atoms with Gasteiger partial charge in [0.15, 0.2) is 5.69 Å². The zero-order valence-corrected chi connectivity index (χ0v) is 9.38. The number of carbonyl (C=O) groups is 1. The molecule has 8 heteroatoms. The van der Waals surface area contributed by atoms with E-state index in [0.717, 1.165) is 0 Å². The summed E-state index contributed by atoms with van der Waals surface area (Å²) in [4.78, 5) is 21.8. The standard InChI is InChI=1S/C10H9N5O3/c1-6-4-7(2-3-9(6)15(17)18)12-10(16)8-5-11-14-13-8/h2-5H,1H3,(H,12,16)(H,11,13,14). The van der Waals surface area contributed by atoms with Gasteiger partial charge in [0.25, 0.3) is 11.6 Å². The number of hydrogen-bond donors (Lipinski definition) is 2. The number of hydrogen-bond acceptors (Lipinski definition) is 5. The van der Waals surface area contributed by atoms with E-state index < -0.39 is 10.8 Å². The van der Waals surface area contributed by atoms with Crippen LogP contribution in [-0.4, -0.2) is 26.2 Å². The van der Waals surface area contributed by atoms with Crippen LogP contribution in [0.3, 0.4) is 0 Å². The van der Waals surface area contributed by atoms with E-state index in [2.05, 4.69) is 20.7 Å². The van der Waals surface area contributed by atoms with Crippen LogP contribution < -0.4 is 5.32 Å². The number of nitro groups is 1. The van der Waals surface area contributed by atoms with E-state index in [1.54, 1.807) is 6.92 Å². The zero-order valence-electron chi connectivity index (χ0n) is 9.38. The maximum atomic E-state index is 11.6. The molecule has 0 saturated heterocycles. The molecule has 0 aliphatic heterocycles. The van der Waals surface area contributed by atoms with Crippen molar-refractivity contribution in [1.82, 2.24) is 15.4 Å². The Bertz CT molecular complexity index is 594. The summed E-state index contributed by atoms with van der Waals surface area (Å²) in [6, 6.07) is 4.33. The molecule has 1 aromatic heterocycles. The lowest BCUT2D eigenvalue weighted by Crippen LogP contribution is -2.12. The quantitative estimate of drug-likeness (QED) is 0.626. The number of aromatic amines is 1. The van der Waals surface area contributed by atoms with Gasteiger partial charge in [0.1, 0.15) is 0 Å². The Morgan fingerprint density at radius 2 is 2.28 bits per heavy atom. The summed E-state index contributed by atoms with van der Waals surface area (Å²) >= 11 is 0. The van der Waals surface area contributed by atoms with Crippen molar-refractivity contribution in [2.45, 2.75) is 6.92 Å². The highest BCUT2D eigenvalue weighted by Crippen LogP contribution is 2.21. The summed E-state index contributed by atoms with van der Waals surface area (Å²) in [6.07, 6.45) is 1.29. The molecule has 0 bridgehead atoms. The fourth-order valence-electron chi connectivity index (χ4n) is 1.44. The van der Waals surface area contributed by atoms with Crippen molar-refractivity contribution in [2.24, 2.45) is 0 Å². The van der Waals surface area contributed by atoms with E-state index in [1.165, 1.54) is 24.4 Å². The molecule has 92 valence electrons. The van der Waals surface area contributed by atoms with Gasteiger partial charge < -0.3 is 5.32 Å². The zero-order chi connectivity index (χ0) is 13.1. The average molecular weight is 247 g/mol. The van der Waals surface area contributed by atoms with E-state index in [1.807, 2.05) is 0 Å². The molecule has 2 N–H and O–H groups in total. The number of anilines is 1. The second-order valence-electron chi connectivity index (χ2n) is 3.57. The summed E-state index contributed by atoms with van der Waals surface area (Å²) in [5, 5.41) is 22.7. The minimum absolute atomic E-state index is 0.00874. The number of amides is 1. The largest absolute Gasteiger partial charge is 0.321 e. The van der Waals surface area contributed by atoms with E-state index in [4.69, 9.17) is 0 Å². The minimum atomic E-state index is -0.474. The highest BCUT2D eigenvalue weighted by molar-refractivity contribution is 6.02. The van der Waals surface area contributed by atoms with Crippen molar-refractivity contribution in [1.29, 1.82) is 0 Å². The normalized spacial score (nSPS) is 10.1. The Hall–Kier alpha value is -2.77. The second-order valence-corrected chi connectivity index (χ2v) is 3.57. The molecule has 2 aromatic rings. The van der Waals surface area contributed by atoms with Gasteiger partial charge >= 0.3 is 0 Å². The number of H-pyrrole nitrogens is 1. The summed E-state index contributed by atoms with van der Waals surface area (Å²) < 4.78 is 0. The predicted octanol–water partition coefficient (Wildman–Crippen LogP) is 1.27. The molecule has 1 heterocycles. The molecule has 0 aliphatic rings. The third kappa shape index (κ3) is 2.32. The summed E-state index contributed by atoms with van der Waals surface area (Å²) in [6.45, 7) is 1.60. The van der Waals surface area contributed by atoms with Crippen molar-refractivity contribution in [3.63, 3.8) is 0 Å². The van der Waals surface area contributed by atoms with E-state index in [9.17, 15) is 14.9 Å². The summed E-state index contributed by atoms with van der Waals surface area (Å²) in [5.41, 5.74) is 1.09. The Morgan fingerprint density at radius 3 is 2.83 bits per heavy atom. The molecule has 0 unspecified atom stereocenters. The van der Waals surface area contributed by atoms with Crippen LogP contribution in [0.5, 0.6) is 0 Å². The fraction of sp³-hybridized carbons (Fsp3) is 0.100. The number of aryl methyl sites for hydroxylation is 1. The number of nitro benzene ring substituents is 1. The summed E-state index contributed by atoms with van der Waals surface area (Å²) in [7, 11) is 0. The molecule has 0 aliphatic carbocycles. The molecule has 18 heavy (non-hydrogen) atoms. The number of benzene rings is 1. The first-order valence-corrected chi connectivity index (χ1v) is 5.00. The van der Waals surface area contributed by atoms with Crippen LogP contribution in [0.1, 0.15) is 16.1 Å². The molecule has 0 fully saturated rings. The monoisotopic (exact) mass is 247 g/mol. The van der Waals surface area contributed by atoms with Crippen LogP contribution in [0.4, 0.5) is 11.4 Å². The third-order valence-corrected chi connectivity index (χ3v) is 2.30. The van der Waals surface area contributed by atoms with Gasteiger partial charge in [-0.2, -0.15) is 15.4 Å². The number of nitrogens with one attached hydrogen (secondary N) is 2. The van der Waals surface area contributed by atoms with Gasteiger partial charge in [-0.15, -0.1) is 0 Å². The first kappa shape index (κ1) is 11.7. The van der Waals surface area contributed by atoms with Crippen LogP contribution in [0.15, 0.2) is 24.4 Å². The third-order valence-electron chi connectivity index (χ3n) is 2.30. The first-order valence-electron chi connectivity index (χ1n) is 5.00. The molecule has 0 atom stereocenters. The Labute approximate surface area is 101 Å². The van der Waals surface area contributed by atoms with Gasteiger partial charge in [-0.1, -0.05) is 0 Å². The molecule has 0 saturated carbocycles. The van der Waals surface area contributed by atoms with Crippen LogP contribution in [0.25, 0.3) is 0 Å². The van der Waals surface area contributed by atoms with Crippen LogP contribution >= 0.6 is 0 Å². The molecule has 8 nitrogen and oxygen atoms in total. The SMILES string of the molecule is Cc1cc(NC(=O)c2cn[nH]n2)ccc1[N+](=O)[O-]. The first-order chi connectivity index (χ1) is 8.58. The number of rotatable bonds is 3. The fourth-order valence-corrected chi connectivity index (χ4v) is 1.44. The van der Waals surface area contributed by atoms with E-state index in [0.29, 0.717) is 11.3 Å².